The van der Waals surface area contributed by atoms with E-state index in [0.717, 1.165) is 0 Å². The molecule has 0 aromatic heterocycles. The first-order chi connectivity index (χ1) is 11.0. The van der Waals surface area contributed by atoms with Gasteiger partial charge >= 0.3 is 12.6 Å². The van der Waals surface area contributed by atoms with Gasteiger partial charge in [-0.15, -0.1) is 0 Å². The fraction of sp³-hybridized carbons (Fsp3) is 0.133. The molecule has 2 amide bonds. The van der Waals surface area contributed by atoms with Crippen LogP contribution in [0.25, 0.3) is 0 Å². The van der Waals surface area contributed by atoms with Gasteiger partial charge in [0.1, 0.15) is 5.82 Å². The van der Waals surface area contributed by atoms with Crippen LogP contribution < -0.4 is 20.1 Å². The average Bonchev–Trinajstić information content (AvgIpc) is 2.49. The number of nitrogens with one attached hydrogen (secondary N) is 2. The van der Waals surface area contributed by atoms with Gasteiger partial charge in [0.25, 0.3) is 0 Å². The Morgan fingerprint density at radius 2 is 1.83 bits per heavy atom. The van der Waals surface area contributed by atoms with Crippen LogP contribution in [0.2, 0.25) is 0 Å². The van der Waals surface area contributed by atoms with Gasteiger partial charge < -0.3 is 20.1 Å². The molecular formula is C15H13F3N2O3. The molecule has 0 heterocycles. The van der Waals surface area contributed by atoms with Crippen LogP contribution in [0.5, 0.6) is 11.5 Å². The fourth-order valence-electron chi connectivity index (χ4n) is 1.79. The first-order valence-corrected chi connectivity index (χ1v) is 6.45. The highest BCUT2D eigenvalue weighted by Gasteiger charge is 2.13. The van der Waals surface area contributed by atoms with Crippen LogP contribution in [-0.4, -0.2) is 19.8 Å². The number of hydrogen-bond acceptors (Lipinski definition) is 3. The summed E-state index contributed by atoms with van der Waals surface area (Å²) in [4.78, 5) is 11.8. The lowest BCUT2D eigenvalue weighted by Gasteiger charge is -2.13. The van der Waals surface area contributed by atoms with Crippen LogP contribution in [0.4, 0.5) is 29.3 Å². The Balaban J connectivity index is 2.10. The number of urea groups is 1. The Kier molecular flexibility index (Phi) is 5.29. The number of methoxy groups -OCH3 is 1. The van der Waals surface area contributed by atoms with Crippen LogP contribution in [0.3, 0.4) is 0 Å². The normalized spacial score (nSPS) is 10.3. The molecule has 0 saturated carbocycles. The number of para-hydroxylation sites is 1. The smallest absolute Gasteiger partial charge is 0.387 e. The van der Waals surface area contributed by atoms with Gasteiger partial charge in [-0.2, -0.15) is 8.78 Å². The molecule has 0 saturated heterocycles. The molecule has 0 radical (unpaired) electrons. The lowest BCUT2D eigenvalue weighted by molar-refractivity contribution is -0.0511. The van der Waals surface area contributed by atoms with Crippen molar-refractivity contribution >= 4 is 17.4 Å². The molecule has 0 unspecified atom stereocenters. The number of anilines is 2. The molecule has 0 fully saturated rings. The average molecular weight is 326 g/mol. The molecule has 8 heteroatoms. The monoisotopic (exact) mass is 326 g/mol. The van der Waals surface area contributed by atoms with E-state index < -0.39 is 18.5 Å². The van der Waals surface area contributed by atoms with E-state index in [1.54, 1.807) is 6.07 Å². The third-order valence-corrected chi connectivity index (χ3v) is 2.76. The van der Waals surface area contributed by atoms with Gasteiger partial charge in [0.05, 0.1) is 12.8 Å². The molecule has 0 aliphatic heterocycles. The first kappa shape index (κ1) is 16.5. The van der Waals surface area contributed by atoms with Crippen molar-refractivity contribution < 1.29 is 27.4 Å². The summed E-state index contributed by atoms with van der Waals surface area (Å²) >= 11 is 0. The maximum Gasteiger partial charge on any atom is 0.387 e. The summed E-state index contributed by atoms with van der Waals surface area (Å²) in [5.74, 6) is -0.740. The minimum atomic E-state index is -3.04. The summed E-state index contributed by atoms with van der Waals surface area (Å²) in [5, 5.41) is 4.69. The number of ether oxygens (including phenoxy) is 2. The van der Waals surface area contributed by atoms with Crippen LogP contribution >= 0.6 is 0 Å². The standard InChI is InChI=1S/C15H13F3N2O3/c1-22-12-7-6-9(8-13(12)23-14(17)18)19-15(21)20-11-5-3-2-4-10(11)16/h2-8,14H,1H3,(H2,19,20,21). The van der Waals surface area contributed by atoms with Gasteiger partial charge in [0.15, 0.2) is 11.5 Å². The minimum Gasteiger partial charge on any atom is -0.493 e. The van der Waals surface area contributed by atoms with Crippen LogP contribution in [-0.2, 0) is 0 Å². The number of carbonyl (C=O) groups excluding carboxylic acids is 1. The number of amides is 2. The Labute approximate surface area is 130 Å². The maximum atomic E-state index is 13.4. The highest BCUT2D eigenvalue weighted by atomic mass is 19.3. The Morgan fingerprint density at radius 3 is 2.48 bits per heavy atom. The van der Waals surface area contributed by atoms with Crippen molar-refractivity contribution in [1.29, 1.82) is 0 Å². The zero-order valence-electron chi connectivity index (χ0n) is 12.0. The highest BCUT2D eigenvalue weighted by Crippen LogP contribution is 2.31. The van der Waals surface area contributed by atoms with Crippen molar-refractivity contribution in [3.63, 3.8) is 0 Å². The quantitative estimate of drug-likeness (QED) is 0.870. The fourth-order valence-corrected chi connectivity index (χ4v) is 1.79. The van der Waals surface area contributed by atoms with Gasteiger partial charge in [0.2, 0.25) is 0 Å². The van der Waals surface area contributed by atoms with E-state index in [2.05, 4.69) is 15.4 Å². The number of hydrogen-bond donors (Lipinski definition) is 2. The molecule has 0 bridgehead atoms. The second-order valence-corrected chi connectivity index (χ2v) is 4.30. The van der Waals surface area contributed by atoms with E-state index in [1.165, 1.54) is 43.5 Å². The van der Waals surface area contributed by atoms with Crippen molar-refractivity contribution in [2.45, 2.75) is 6.61 Å². The topological polar surface area (TPSA) is 59.6 Å². The molecule has 23 heavy (non-hydrogen) atoms. The van der Waals surface area contributed by atoms with Gasteiger partial charge in [-0.1, -0.05) is 12.1 Å². The Bertz CT molecular complexity index is 695. The van der Waals surface area contributed by atoms with E-state index in [0.29, 0.717) is 0 Å². The third-order valence-electron chi connectivity index (χ3n) is 2.76. The molecule has 5 nitrogen and oxygen atoms in total. The van der Waals surface area contributed by atoms with Crippen molar-refractivity contribution in [3.05, 3.63) is 48.3 Å². The maximum absolute atomic E-state index is 13.4. The lowest BCUT2D eigenvalue weighted by Crippen LogP contribution is -2.20. The van der Waals surface area contributed by atoms with Crippen molar-refractivity contribution in [1.82, 2.24) is 0 Å². The van der Waals surface area contributed by atoms with E-state index in [-0.39, 0.29) is 22.9 Å². The molecule has 2 aromatic carbocycles. The molecule has 2 N–H and O–H groups in total. The third kappa shape index (κ3) is 4.53. The summed E-state index contributed by atoms with van der Waals surface area (Å²) in [6.07, 6.45) is 0. The number of alkyl halides is 2. The molecular weight excluding hydrogens is 313 g/mol. The Morgan fingerprint density at radius 1 is 1.09 bits per heavy atom. The second kappa shape index (κ2) is 7.39. The number of benzene rings is 2. The summed E-state index contributed by atoms with van der Waals surface area (Å²) < 4.78 is 47.3. The molecule has 2 rings (SSSR count). The van der Waals surface area contributed by atoms with Crippen molar-refractivity contribution in [3.8, 4) is 11.5 Å². The van der Waals surface area contributed by atoms with Gasteiger partial charge in [-0.25, -0.2) is 9.18 Å². The van der Waals surface area contributed by atoms with Crippen molar-refractivity contribution in [2.75, 3.05) is 17.7 Å². The Hall–Kier alpha value is -2.90. The number of carbonyl (C=O) groups is 1. The molecule has 0 aliphatic rings. The number of halogens is 3. The van der Waals surface area contributed by atoms with E-state index in [1.807, 2.05) is 0 Å². The van der Waals surface area contributed by atoms with Crippen molar-refractivity contribution in [2.24, 2.45) is 0 Å². The minimum absolute atomic E-state index is 0.0115. The highest BCUT2D eigenvalue weighted by molar-refractivity contribution is 6.00. The van der Waals surface area contributed by atoms with E-state index in [9.17, 15) is 18.0 Å². The van der Waals surface area contributed by atoms with Crippen LogP contribution in [0.1, 0.15) is 0 Å². The predicted octanol–water partition coefficient (Wildman–Crippen LogP) is 4.08. The van der Waals surface area contributed by atoms with Gasteiger partial charge in [0, 0.05) is 11.8 Å². The molecule has 122 valence electrons. The van der Waals surface area contributed by atoms with Crippen LogP contribution in [0.15, 0.2) is 42.5 Å². The summed E-state index contributed by atoms with van der Waals surface area (Å²) in [7, 11) is 1.30. The molecule has 2 aromatic rings. The number of rotatable bonds is 5. The molecule has 0 aliphatic carbocycles. The van der Waals surface area contributed by atoms with E-state index in [4.69, 9.17) is 4.74 Å². The SMILES string of the molecule is COc1ccc(NC(=O)Nc2ccccc2F)cc1OC(F)F. The molecule has 0 atom stereocenters. The van der Waals surface area contributed by atoms with Crippen LogP contribution in [0, 0.1) is 5.82 Å². The van der Waals surface area contributed by atoms with Gasteiger partial charge in [-0.3, -0.25) is 0 Å². The van der Waals surface area contributed by atoms with Gasteiger partial charge in [-0.05, 0) is 24.3 Å². The van der Waals surface area contributed by atoms with E-state index >= 15 is 0 Å². The first-order valence-electron chi connectivity index (χ1n) is 6.45. The second-order valence-electron chi connectivity index (χ2n) is 4.30. The summed E-state index contributed by atoms with van der Waals surface area (Å²) in [6.45, 7) is -3.04. The lowest BCUT2D eigenvalue weighted by atomic mass is 10.2. The zero-order chi connectivity index (χ0) is 16.8. The molecule has 0 spiro atoms. The summed E-state index contributed by atoms with van der Waals surface area (Å²) in [6, 6.07) is 8.84. The predicted molar refractivity (Wildman–Crippen MR) is 78.7 cm³/mol. The zero-order valence-corrected chi connectivity index (χ0v) is 12.0. The summed E-state index contributed by atoms with van der Waals surface area (Å²) in [5.41, 5.74) is 0.165. The largest absolute Gasteiger partial charge is 0.493 e.